The minimum absolute atomic E-state index is 0.0487. The van der Waals surface area contributed by atoms with Crippen molar-refractivity contribution >= 4 is 29.0 Å². The molecule has 152 valence electrons. The van der Waals surface area contributed by atoms with E-state index >= 15 is 0 Å². The van der Waals surface area contributed by atoms with Gasteiger partial charge in [0.2, 0.25) is 0 Å². The smallest absolute Gasteiger partial charge is 0.312 e. The Hall–Kier alpha value is -2.97. The van der Waals surface area contributed by atoms with Gasteiger partial charge < -0.3 is 30.2 Å². The molecule has 0 spiro atoms. The van der Waals surface area contributed by atoms with Crippen LogP contribution < -0.4 is 20.7 Å². The van der Waals surface area contributed by atoms with Gasteiger partial charge in [-0.15, -0.1) is 0 Å². The van der Waals surface area contributed by atoms with Crippen LogP contribution in [-0.2, 0) is 6.61 Å². The summed E-state index contributed by atoms with van der Waals surface area (Å²) in [6.45, 7) is 1.39. The minimum Gasteiger partial charge on any atom is -0.495 e. The maximum atomic E-state index is 11.1. The first-order valence-corrected chi connectivity index (χ1v) is 9.63. The largest absolute Gasteiger partial charge is 0.495 e. The summed E-state index contributed by atoms with van der Waals surface area (Å²) in [7, 11) is 1.54. The Bertz CT molecular complexity index is 1070. The molecule has 1 aromatic carbocycles. The van der Waals surface area contributed by atoms with E-state index in [9.17, 15) is 9.90 Å². The summed E-state index contributed by atoms with van der Waals surface area (Å²) in [5.74, 6) is 0.513. The summed E-state index contributed by atoms with van der Waals surface area (Å²) in [6, 6.07) is 7.05. The molecule has 1 fully saturated rings. The number of imidazole rings is 1. The van der Waals surface area contributed by atoms with Gasteiger partial charge in [0.1, 0.15) is 11.4 Å². The molecule has 1 aliphatic heterocycles. The molecule has 0 aliphatic carbocycles. The molecule has 8 nitrogen and oxygen atoms in total. The normalized spacial score (nSPS) is 16.4. The summed E-state index contributed by atoms with van der Waals surface area (Å²) in [5.41, 5.74) is 9.19. The fourth-order valence-corrected chi connectivity index (χ4v) is 3.97. The highest BCUT2D eigenvalue weighted by Gasteiger charge is 2.24. The highest BCUT2D eigenvalue weighted by molar-refractivity contribution is 6.32. The summed E-state index contributed by atoms with van der Waals surface area (Å²) >= 11 is 6.28. The number of nitrogens with zero attached hydrogens (tertiary/aromatic N) is 3. The molecule has 4 N–H and O–H groups in total. The summed E-state index contributed by atoms with van der Waals surface area (Å²) in [5, 5.41) is 13.0. The second-order valence-corrected chi connectivity index (χ2v) is 7.43. The molecule has 3 heterocycles. The van der Waals surface area contributed by atoms with E-state index in [1.807, 2.05) is 28.9 Å². The Kier molecular flexibility index (Phi) is 5.21. The van der Waals surface area contributed by atoms with Crippen molar-refractivity contribution < 1.29 is 14.6 Å². The highest BCUT2D eigenvalue weighted by Crippen LogP contribution is 2.34. The van der Waals surface area contributed by atoms with Gasteiger partial charge in [0.15, 0.2) is 0 Å². The van der Waals surface area contributed by atoms with Gasteiger partial charge in [-0.2, -0.15) is 0 Å². The number of carbonyl (C=O) groups is 1. The van der Waals surface area contributed by atoms with Crippen molar-refractivity contribution in [1.82, 2.24) is 14.7 Å². The van der Waals surface area contributed by atoms with E-state index in [0.29, 0.717) is 28.6 Å². The molecule has 1 unspecified atom stereocenters. The van der Waals surface area contributed by atoms with Crippen LogP contribution >= 0.6 is 11.6 Å². The third-order valence-corrected chi connectivity index (χ3v) is 5.46. The van der Waals surface area contributed by atoms with Gasteiger partial charge in [-0.25, -0.2) is 9.78 Å². The molecule has 1 aliphatic rings. The number of hydrogen-bond acceptors (Lipinski definition) is 5. The van der Waals surface area contributed by atoms with Crippen molar-refractivity contribution in [2.75, 3.05) is 25.1 Å². The number of amides is 2. The Morgan fingerprint density at radius 2 is 2.28 bits per heavy atom. The molecule has 2 aromatic heterocycles. The number of urea groups is 1. The molecule has 4 rings (SSSR count). The van der Waals surface area contributed by atoms with Gasteiger partial charge in [-0.05, 0) is 30.2 Å². The molecule has 1 atom stereocenters. The van der Waals surface area contributed by atoms with E-state index in [1.54, 1.807) is 12.1 Å². The number of carbonyl (C=O) groups excluding carboxylic acids is 1. The number of pyridine rings is 1. The SMILES string of the molecule is COc1cc(CO)c(-c2cn3ccc(N4CCC(NC(N)=O)C4)cc3n2)cc1Cl. The van der Waals surface area contributed by atoms with Crippen molar-refractivity contribution in [3.63, 3.8) is 0 Å². The number of hydrogen-bond donors (Lipinski definition) is 3. The molecule has 3 aromatic rings. The van der Waals surface area contributed by atoms with Gasteiger partial charge in [-0.1, -0.05) is 11.6 Å². The number of nitrogens with one attached hydrogen (secondary N) is 1. The van der Waals surface area contributed by atoms with Crippen LogP contribution in [-0.4, -0.2) is 46.8 Å². The molecule has 1 saturated heterocycles. The summed E-state index contributed by atoms with van der Waals surface area (Å²) in [4.78, 5) is 18.0. The van der Waals surface area contributed by atoms with Crippen LogP contribution in [0.15, 0.2) is 36.7 Å². The number of anilines is 1. The monoisotopic (exact) mass is 415 g/mol. The lowest BCUT2D eigenvalue weighted by Gasteiger charge is -2.18. The van der Waals surface area contributed by atoms with Crippen LogP contribution in [0.3, 0.4) is 0 Å². The first-order valence-electron chi connectivity index (χ1n) is 9.26. The lowest BCUT2D eigenvalue weighted by Crippen LogP contribution is -2.40. The molecule has 0 saturated carbocycles. The van der Waals surface area contributed by atoms with E-state index < -0.39 is 6.03 Å². The number of halogens is 1. The molecule has 0 bridgehead atoms. The number of fused-ring (bicyclic) bond motifs is 1. The molecule has 9 heteroatoms. The number of ether oxygens (including phenoxy) is 1. The Labute approximate surface area is 172 Å². The number of nitrogens with two attached hydrogens (primary N) is 1. The highest BCUT2D eigenvalue weighted by atomic mass is 35.5. The van der Waals surface area contributed by atoms with Gasteiger partial charge in [0, 0.05) is 48.8 Å². The van der Waals surface area contributed by atoms with Crippen molar-refractivity contribution in [1.29, 1.82) is 0 Å². The number of primary amides is 1. The number of aliphatic hydroxyl groups excluding tert-OH is 1. The molecular formula is C20H22ClN5O3. The van der Waals surface area contributed by atoms with Crippen molar-refractivity contribution in [2.45, 2.75) is 19.1 Å². The standard InChI is InChI=1S/C20H22ClN5O3/c1-29-18-6-12(11-27)15(8-16(18)21)17-10-26-5-3-14(7-19(26)24-17)25-4-2-13(9-25)23-20(22)28/h3,5-8,10,13,27H,2,4,9,11H2,1H3,(H3,22,23,28). The van der Waals surface area contributed by atoms with E-state index in [-0.39, 0.29) is 12.6 Å². The Morgan fingerprint density at radius 1 is 1.45 bits per heavy atom. The van der Waals surface area contributed by atoms with Crippen LogP contribution in [0.1, 0.15) is 12.0 Å². The average molecular weight is 416 g/mol. The zero-order valence-electron chi connectivity index (χ0n) is 15.9. The second kappa shape index (κ2) is 7.81. The first-order chi connectivity index (χ1) is 14.0. The Morgan fingerprint density at radius 3 is 3.00 bits per heavy atom. The van der Waals surface area contributed by atoms with Crippen molar-refractivity contribution in [3.05, 3.63) is 47.2 Å². The van der Waals surface area contributed by atoms with Gasteiger partial charge in [0.05, 0.1) is 24.4 Å². The molecule has 0 radical (unpaired) electrons. The summed E-state index contributed by atoms with van der Waals surface area (Å²) < 4.78 is 7.16. The lowest BCUT2D eigenvalue weighted by molar-refractivity contribution is 0.246. The van der Waals surface area contributed by atoms with E-state index in [4.69, 9.17) is 27.1 Å². The maximum absolute atomic E-state index is 11.1. The molecule has 29 heavy (non-hydrogen) atoms. The van der Waals surface area contributed by atoms with Crippen LogP contribution in [0.5, 0.6) is 5.75 Å². The quantitative estimate of drug-likeness (QED) is 0.593. The van der Waals surface area contributed by atoms with E-state index in [0.717, 1.165) is 29.9 Å². The van der Waals surface area contributed by atoms with Crippen LogP contribution in [0.25, 0.3) is 16.9 Å². The number of methoxy groups -OCH3 is 1. The number of aliphatic hydroxyl groups is 1. The predicted octanol–water partition coefficient (Wildman–Crippen LogP) is 2.40. The maximum Gasteiger partial charge on any atom is 0.312 e. The van der Waals surface area contributed by atoms with Gasteiger partial charge >= 0.3 is 6.03 Å². The minimum atomic E-state index is -0.497. The average Bonchev–Trinajstić information content (AvgIpc) is 3.33. The zero-order valence-corrected chi connectivity index (χ0v) is 16.7. The van der Waals surface area contributed by atoms with Crippen LogP contribution in [0.4, 0.5) is 10.5 Å². The van der Waals surface area contributed by atoms with Crippen molar-refractivity contribution in [3.8, 4) is 17.0 Å². The lowest BCUT2D eigenvalue weighted by atomic mass is 10.1. The zero-order chi connectivity index (χ0) is 20.5. The third-order valence-electron chi connectivity index (χ3n) is 5.17. The third kappa shape index (κ3) is 3.81. The number of aromatic nitrogens is 2. The second-order valence-electron chi connectivity index (χ2n) is 7.02. The van der Waals surface area contributed by atoms with Crippen molar-refractivity contribution in [2.24, 2.45) is 5.73 Å². The predicted molar refractivity (Wildman–Crippen MR) is 111 cm³/mol. The van der Waals surface area contributed by atoms with E-state index in [1.165, 1.54) is 7.11 Å². The number of benzene rings is 1. The molecule has 2 amide bonds. The fourth-order valence-electron chi connectivity index (χ4n) is 3.73. The van der Waals surface area contributed by atoms with Crippen LogP contribution in [0, 0.1) is 0 Å². The van der Waals surface area contributed by atoms with Gasteiger partial charge in [0.25, 0.3) is 0 Å². The topological polar surface area (TPSA) is 105 Å². The van der Waals surface area contributed by atoms with Crippen LogP contribution in [0.2, 0.25) is 5.02 Å². The Balaban J connectivity index is 1.65. The van der Waals surface area contributed by atoms with E-state index in [2.05, 4.69) is 10.2 Å². The fraction of sp³-hybridized carbons (Fsp3) is 0.300. The summed E-state index contributed by atoms with van der Waals surface area (Å²) in [6.07, 6.45) is 4.69. The number of rotatable bonds is 5. The van der Waals surface area contributed by atoms with Gasteiger partial charge in [-0.3, -0.25) is 0 Å². The molecular weight excluding hydrogens is 394 g/mol. The first kappa shape index (κ1) is 19.4.